The van der Waals surface area contributed by atoms with Crippen LogP contribution >= 0.6 is 11.6 Å². The normalized spacial score (nSPS) is 18.3. The summed E-state index contributed by atoms with van der Waals surface area (Å²) < 4.78 is 5.66. The minimum atomic E-state index is -1.80. The molecule has 0 bridgehead atoms. The molecule has 0 aromatic heterocycles. The number of amides is 3. The summed E-state index contributed by atoms with van der Waals surface area (Å²) in [6.07, 6.45) is 0. The number of nitrogens with one attached hydrogen (secondary N) is 2. The number of carbonyl (C=O) groups excluding carboxylic acids is 3. The van der Waals surface area contributed by atoms with E-state index in [4.69, 9.17) is 22.1 Å². The fourth-order valence-electron chi connectivity index (χ4n) is 2.50. The Hall–Kier alpha value is -3.06. The third-order valence-corrected chi connectivity index (χ3v) is 4.38. The maximum Gasteiger partial charge on any atom is 0.278 e. The fraction of sp³-hybridized carbons (Fsp3) is 0.167. The van der Waals surface area contributed by atoms with Gasteiger partial charge in [-0.3, -0.25) is 14.4 Å². The summed E-state index contributed by atoms with van der Waals surface area (Å²) in [7, 11) is 0. The molecule has 2 aromatic carbocycles. The summed E-state index contributed by atoms with van der Waals surface area (Å²) in [5.41, 5.74) is 5.17. The molecule has 134 valence electrons. The largest absolute Gasteiger partial charge is 0.466 e. The number of rotatable bonds is 3. The van der Waals surface area contributed by atoms with Crippen LogP contribution in [0, 0.1) is 6.92 Å². The Balaban J connectivity index is 1.90. The monoisotopic (exact) mass is 373 g/mol. The molecule has 0 spiro atoms. The first-order valence-corrected chi connectivity index (χ1v) is 8.10. The van der Waals surface area contributed by atoms with Crippen LogP contribution in [-0.2, 0) is 9.59 Å². The predicted molar refractivity (Wildman–Crippen MR) is 97.4 cm³/mol. The molecule has 7 nitrogen and oxygen atoms in total. The Labute approximate surface area is 154 Å². The first kappa shape index (κ1) is 17.8. The molecule has 0 saturated carbocycles. The molecule has 0 aliphatic carbocycles. The minimum Gasteiger partial charge on any atom is -0.466 e. The Bertz CT molecular complexity index is 944. The van der Waals surface area contributed by atoms with Crippen LogP contribution in [0.25, 0.3) is 0 Å². The Morgan fingerprint density at radius 1 is 1.23 bits per heavy atom. The van der Waals surface area contributed by atoms with Gasteiger partial charge in [0, 0.05) is 16.3 Å². The molecule has 2 aromatic rings. The van der Waals surface area contributed by atoms with E-state index >= 15 is 0 Å². The molecule has 1 heterocycles. The number of ether oxygens (including phenoxy) is 1. The van der Waals surface area contributed by atoms with Gasteiger partial charge in [-0.15, -0.1) is 0 Å². The van der Waals surface area contributed by atoms with Crippen molar-refractivity contribution in [1.82, 2.24) is 0 Å². The van der Waals surface area contributed by atoms with Crippen molar-refractivity contribution in [2.75, 3.05) is 10.6 Å². The van der Waals surface area contributed by atoms with E-state index in [0.29, 0.717) is 27.7 Å². The van der Waals surface area contributed by atoms with Crippen molar-refractivity contribution in [2.24, 2.45) is 5.73 Å². The van der Waals surface area contributed by atoms with Crippen LogP contribution in [0.2, 0.25) is 5.02 Å². The first-order valence-electron chi connectivity index (χ1n) is 7.72. The minimum absolute atomic E-state index is 0.241. The molecule has 1 unspecified atom stereocenters. The molecule has 4 N–H and O–H groups in total. The number of hydrogen-bond donors (Lipinski definition) is 3. The van der Waals surface area contributed by atoms with Crippen LogP contribution in [0.3, 0.4) is 0 Å². The van der Waals surface area contributed by atoms with Gasteiger partial charge in [-0.05, 0) is 49.7 Å². The number of benzene rings is 2. The van der Waals surface area contributed by atoms with E-state index in [2.05, 4.69) is 10.6 Å². The Kier molecular flexibility index (Phi) is 4.33. The smallest absolute Gasteiger partial charge is 0.278 e. The van der Waals surface area contributed by atoms with E-state index < -0.39 is 23.3 Å². The summed E-state index contributed by atoms with van der Waals surface area (Å²) in [4.78, 5) is 36.6. The van der Waals surface area contributed by atoms with E-state index in [9.17, 15) is 14.4 Å². The van der Waals surface area contributed by atoms with Crippen LogP contribution in [0.4, 0.5) is 11.4 Å². The summed E-state index contributed by atoms with van der Waals surface area (Å²) >= 11 is 5.90. The van der Waals surface area contributed by atoms with E-state index in [1.807, 2.05) is 0 Å². The number of carbonyl (C=O) groups is 3. The van der Waals surface area contributed by atoms with Crippen LogP contribution in [0.1, 0.15) is 22.8 Å². The lowest BCUT2D eigenvalue weighted by atomic mass is 10.0. The summed E-state index contributed by atoms with van der Waals surface area (Å²) in [6, 6.07) is 9.36. The lowest BCUT2D eigenvalue weighted by Crippen LogP contribution is -2.56. The zero-order chi connectivity index (χ0) is 19.1. The van der Waals surface area contributed by atoms with Gasteiger partial charge in [0.2, 0.25) is 5.91 Å². The lowest BCUT2D eigenvalue weighted by molar-refractivity contribution is -0.143. The molecule has 8 heteroatoms. The van der Waals surface area contributed by atoms with Crippen molar-refractivity contribution in [3.05, 3.63) is 52.5 Å². The third-order valence-electron chi connectivity index (χ3n) is 4.14. The standard InChI is InChI=1S/C18H16ClN3O4/c1-9-3-4-10(15(20)23)7-12(9)21-16(24)18(2)17(25)22-13-8-11(19)5-6-14(13)26-18/h3-8H,1-2H3,(H2,20,23)(H,21,24)(H,22,25). The van der Waals surface area contributed by atoms with Gasteiger partial charge in [0.1, 0.15) is 5.75 Å². The molecule has 1 aliphatic heterocycles. The molecule has 26 heavy (non-hydrogen) atoms. The highest BCUT2D eigenvalue weighted by Gasteiger charge is 2.47. The van der Waals surface area contributed by atoms with Crippen LogP contribution < -0.4 is 21.1 Å². The lowest BCUT2D eigenvalue weighted by Gasteiger charge is -2.33. The van der Waals surface area contributed by atoms with E-state index in [-0.39, 0.29) is 5.56 Å². The highest BCUT2D eigenvalue weighted by atomic mass is 35.5. The molecule has 0 saturated heterocycles. The third kappa shape index (κ3) is 3.09. The molecular formula is C18H16ClN3O4. The number of aryl methyl sites for hydroxylation is 1. The summed E-state index contributed by atoms with van der Waals surface area (Å²) in [5, 5.41) is 5.68. The number of nitrogens with two attached hydrogens (primary N) is 1. The van der Waals surface area contributed by atoms with E-state index in [1.165, 1.54) is 19.1 Å². The molecule has 1 atom stereocenters. The topological polar surface area (TPSA) is 111 Å². The number of hydrogen-bond acceptors (Lipinski definition) is 4. The molecule has 0 radical (unpaired) electrons. The van der Waals surface area contributed by atoms with Gasteiger partial charge in [-0.1, -0.05) is 17.7 Å². The summed E-state index contributed by atoms with van der Waals surface area (Å²) in [6.45, 7) is 3.12. The van der Waals surface area contributed by atoms with Gasteiger partial charge < -0.3 is 21.1 Å². The number of fused-ring (bicyclic) bond motifs is 1. The molecule has 3 rings (SSSR count). The quantitative estimate of drug-likeness (QED) is 0.717. The van der Waals surface area contributed by atoms with Crippen LogP contribution in [0.15, 0.2) is 36.4 Å². The van der Waals surface area contributed by atoms with Gasteiger partial charge in [-0.2, -0.15) is 0 Å². The molecular weight excluding hydrogens is 358 g/mol. The van der Waals surface area contributed by atoms with Gasteiger partial charge in [0.05, 0.1) is 5.69 Å². The number of primary amides is 1. The van der Waals surface area contributed by atoms with E-state index in [1.54, 1.807) is 31.2 Å². The second-order valence-electron chi connectivity index (χ2n) is 6.08. The highest BCUT2D eigenvalue weighted by Crippen LogP contribution is 2.36. The second-order valence-corrected chi connectivity index (χ2v) is 6.51. The van der Waals surface area contributed by atoms with E-state index in [0.717, 1.165) is 0 Å². The average Bonchev–Trinajstić information content (AvgIpc) is 2.58. The highest BCUT2D eigenvalue weighted by molar-refractivity contribution is 6.31. The fourth-order valence-corrected chi connectivity index (χ4v) is 2.67. The second kappa shape index (κ2) is 6.34. The number of halogens is 1. The maximum atomic E-state index is 12.8. The van der Waals surface area contributed by atoms with Gasteiger partial charge in [0.25, 0.3) is 17.4 Å². The van der Waals surface area contributed by atoms with Crippen molar-refractivity contribution < 1.29 is 19.1 Å². The molecule has 3 amide bonds. The van der Waals surface area contributed by atoms with Crippen LogP contribution in [0.5, 0.6) is 5.75 Å². The van der Waals surface area contributed by atoms with Gasteiger partial charge in [-0.25, -0.2) is 0 Å². The maximum absolute atomic E-state index is 12.8. The number of anilines is 2. The SMILES string of the molecule is Cc1ccc(C(N)=O)cc1NC(=O)C1(C)Oc2ccc(Cl)cc2NC1=O. The van der Waals surface area contributed by atoms with Crippen LogP contribution in [-0.4, -0.2) is 23.3 Å². The van der Waals surface area contributed by atoms with Crippen molar-refractivity contribution in [3.8, 4) is 5.75 Å². The summed E-state index contributed by atoms with van der Waals surface area (Å²) in [5.74, 6) is -1.60. The van der Waals surface area contributed by atoms with Crippen molar-refractivity contribution in [2.45, 2.75) is 19.4 Å². The molecule has 1 aliphatic rings. The van der Waals surface area contributed by atoms with Crippen molar-refractivity contribution >= 4 is 40.7 Å². The Morgan fingerprint density at radius 3 is 2.65 bits per heavy atom. The van der Waals surface area contributed by atoms with Crippen molar-refractivity contribution in [3.63, 3.8) is 0 Å². The van der Waals surface area contributed by atoms with Gasteiger partial charge >= 0.3 is 0 Å². The average molecular weight is 374 g/mol. The Morgan fingerprint density at radius 2 is 1.96 bits per heavy atom. The predicted octanol–water partition coefficient (Wildman–Crippen LogP) is 2.48. The molecule has 0 fully saturated rings. The zero-order valence-corrected chi connectivity index (χ0v) is 14.8. The van der Waals surface area contributed by atoms with Gasteiger partial charge in [0.15, 0.2) is 0 Å². The first-order chi connectivity index (χ1) is 12.2. The zero-order valence-electron chi connectivity index (χ0n) is 14.1. The van der Waals surface area contributed by atoms with Crippen molar-refractivity contribution in [1.29, 1.82) is 0 Å².